The van der Waals surface area contributed by atoms with Crippen LogP contribution in [0.5, 0.6) is 5.75 Å². The van der Waals surface area contributed by atoms with Crippen LogP contribution in [0.2, 0.25) is 0 Å². The first-order valence-corrected chi connectivity index (χ1v) is 12.2. The third-order valence-corrected chi connectivity index (χ3v) is 6.76. The lowest BCUT2D eigenvalue weighted by molar-refractivity contribution is -0.150. The molecule has 3 heterocycles. The number of aromatic nitrogens is 1. The topological polar surface area (TPSA) is 101 Å². The van der Waals surface area contributed by atoms with E-state index in [0.29, 0.717) is 37.2 Å². The number of piperidine rings is 1. The van der Waals surface area contributed by atoms with Gasteiger partial charge in [-0.15, -0.1) is 0 Å². The Morgan fingerprint density at radius 1 is 1.11 bits per heavy atom. The van der Waals surface area contributed by atoms with Crippen LogP contribution in [-0.4, -0.2) is 71.1 Å². The van der Waals surface area contributed by atoms with Gasteiger partial charge in [-0.2, -0.15) is 0 Å². The standard InChI is InChI=1S/C27H34N4O5/c1-26(2,3)25(34)30-15-12-27(13-16-30)31(24(33)19-8-10-21(35-4)11-9-19)22(18-36-27)23(32)29-17-20-7-5-6-14-28-20/h5-11,14,22H,12-13,15-18H2,1-4H3,(H,29,32). The molecule has 1 atom stereocenters. The second kappa shape index (κ2) is 10.3. The van der Waals surface area contributed by atoms with Gasteiger partial charge in [-0.05, 0) is 36.4 Å². The maximum absolute atomic E-state index is 13.8. The number of rotatable bonds is 5. The summed E-state index contributed by atoms with van der Waals surface area (Å²) in [5.74, 6) is 0.113. The summed E-state index contributed by atoms with van der Waals surface area (Å²) in [6.07, 6.45) is 2.53. The first-order valence-electron chi connectivity index (χ1n) is 12.2. The van der Waals surface area contributed by atoms with Gasteiger partial charge in [-0.3, -0.25) is 24.3 Å². The molecule has 0 radical (unpaired) electrons. The summed E-state index contributed by atoms with van der Waals surface area (Å²) in [4.78, 5) is 47.6. The van der Waals surface area contributed by atoms with Crippen LogP contribution in [0, 0.1) is 5.41 Å². The molecule has 1 aromatic carbocycles. The number of carbonyl (C=O) groups is 3. The van der Waals surface area contributed by atoms with Crippen molar-refractivity contribution in [3.8, 4) is 5.75 Å². The van der Waals surface area contributed by atoms with Gasteiger partial charge in [0, 0.05) is 43.1 Å². The van der Waals surface area contributed by atoms with Gasteiger partial charge in [-0.25, -0.2) is 0 Å². The Morgan fingerprint density at radius 2 is 1.81 bits per heavy atom. The van der Waals surface area contributed by atoms with E-state index in [4.69, 9.17) is 9.47 Å². The average molecular weight is 495 g/mol. The maximum Gasteiger partial charge on any atom is 0.256 e. The summed E-state index contributed by atoms with van der Waals surface area (Å²) in [5, 5.41) is 2.90. The van der Waals surface area contributed by atoms with Crippen molar-refractivity contribution >= 4 is 17.7 Å². The zero-order valence-electron chi connectivity index (χ0n) is 21.3. The molecule has 36 heavy (non-hydrogen) atoms. The number of amides is 3. The van der Waals surface area contributed by atoms with Gasteiger partial charge in [0.05, 0.1) is 26.0 Å². The molecule has 1 spiro atoms. The summed E-state index contributed by atoms with van der Waals surface area (Å²) >= 11 is 0. The highest BCUT2D eigenvalue weighted by Crippen LogP contribution is 2.39. The van der Waals surface area contributed by atoms with Crippen LogP contribution in [0.25, 0.3) is 0 Å². The van der Waals surface area contributed by atoms with E-state index in [2.05, 4.69) is 10.3 Å². The second-order valence-electron chi connectivity index (χ2n) is 10.3. The molecule has 1 aromatic heterocycles. The molecular weight excluding hydrogens is 460 g/mol. The smallest absolute Gasteiger partial charge is 0.256 e. The zero-order valence-corrected chi connectivity index (χ0v) is 21.3. The van der Waals surface area contributed by atoms with Crippen molar-refractivity contribution in [2.24, 2.45) is 5.41 Å². The van der Waals surface area contributed by atoms with Crippen LogP contribution in [0.3, 0.4) is 0 Å². The van der Waals surface area contributed by atoms with E-state index in [9.17, 15) is 14.4 Å². The Balaban J connectivity index is 1.57. The monoisotopic (exact) mass is 494 g/mol. The minimum Gasteiger partial charge on any atom is -0.497 e. The summed E-state index contributed by atoms with van der Waals surface area (Å²) in [6, 6.07) is 11.5. The highest BCUT2D eigenvalue weighted by molar-refractivity contribution is 5.98. The van der Waals surface area contributed by atoms with Crippen LogP contribution in [-0.2, 0) is 20.9 Å². The van der Waals surface area contributed by atoms with Gasteiger partial charge >= 0.3 is 0 Å². The molecule has 3 amide bonds. The normalized spacial score (nSPS) is 19.3. The van der Waals surface area contributed by atoms with E-state index in [-0.39, 0.29) is 30.9 Å². The highest BCUT2D eigenvalue weighted by Gasteiger charge is 2.54. The van der Waals surface area contributed by atoms with Gasteiger partial charge in [0.1, 0.15) is 17.5 Å². The van der Waals surface area contributed by atoms with E-state index in [1.165, 1.54) is 0 Å². The number of benzene rings is 1. The molecule has 2 fully saturated rings. The Kier molecular flexibility index (Phi) is 7.31. The van der Waals surface area contributed by atoms with Crippen LogP contribution in [0.4, 0.5) is 0 Å². The summed E-state index contributed by atoms with van der Waals surface area (Å²) in [6.45, 7) is 6.92. The van der Waals surface area contributed by atoms with E-state index in [1.807, 2.05) is 43.9 Å². The number of likely N-dealkylation sites (tertiary alicyclic amines) is 1. The van der Waals surface area contributed by atoms with Crippen molar-refractivity contribution in [3.05, 3.63) is 59.9 Å². The minimum absolute atomic E-state index is 0.0630. The third-order valence-electron chi connectivity index (χ3n) is 6.76. The molecule has 1 unspecified atom stereocenters. The van der Waals surface area contributed by atoms with E-state index < -0.39 is 17.2 Å². The Hall–Kier alpha value is -3.46. The van der Waals surface area contributed by atoms with Crippen LogP contribution in [0.15, 0.2) is 48.7 Å². The third kappa shape index (κ3) is 5.21. The summed E-state index contributed by atoms with van der Waals surface area (Å²) < 4.78 is 11.5. The van der Waals surface area contributed by atoms with Crippen LogP contribution in [0.1, 0.15) is 49.7 Å². The largest absolute Gasteiger partial charge is 0.497 e. The molecule has 9 nitrogen and oxygen atoms in total. The lowest BCUT2D eigenvalue weighted by Crippen LogP contribution is -2.60. The Bertz CT molecular complexity index is 1090. The molecule has 1 N–H and O–H groups in total. The molecule has 192 valence electrons. The molecule has 2 aliphatic heterocycles. The number of pyridine rings is 1. The first kappa shape index (κ1) is 25.6. The predicted molar refractivity (Wildman–Crippen MR) is 133 cm³/mol. The van der Waals surface area contributed by atoms with Gasteiger partial charge in [-0.1, -0.05) is 26.8 Å². The number of hydrogen-bond donors (Lipinski definition) is 1. The molecule has 0 aliphatic carbocycles. The molecule has 0 bridgehead atoms. The lowest BCUT2D eigenvalue weighted by Gasteiger charge is -2.45. The lowest BCUT2D eigenvalue weighted by atomic mass is 9.91. The van der Waals surface area contributed by atoms with E-state index in [1.54, 1.807) is 42.5 Å². The van der Waals surface area contributed by atoms with Crippen LogP contribution < -0.4 is 10.1 Å². The van der Waals surface area contributed by atoms with Crippen molar-refractivity contribution in [2.75, 3.05) is 26.8 Å². The fourth-order valence-electron chi connectivity index (χ4n) is 4.77. The molecule has 2 saturated heterocycles. The number of nitrogens with zero attached hydrogens (tertiary/aromatic N) is 3. The SMILES string of the molecule is COc1ccc(C(=O)N2C(C(=O)NCc3ccccn3)COC23CCN(C(=O)C(C)(C)C)CC3)cc1. The number of methoxy groups -OCH3 is 1. The number of hydrogen-bond acceptors (Lipinski definition) is 6. The van der Waals surface area contributed by atoms with Gasteiger partial charge in [0.15, 0.2) is 0 Å². The molecule has 4 rings (SSSR count). The van der Waals surface area contributed by atoms with Gasteiger partial charge < -0.3 is 19.7 Å². The van der Waals surface area contributed by atoms with E-state index >= 15 is 0 Å². The molecule has 2 aromatic rings. The van der Waals surface area contributed by atoms with Gasteiger partial charge in [0.25, 0.3) is 5.91 Å². The fraction of sp³-hybridized carbons (Fsp3) is 0.481. The van der Waals surface area contributed by atoms with Crippen molar-refractivity contribution < 1.29 is 23.9 Å². The molecule has 9 heteroatoms. The Labute approximate surface area is 211 Å². The molecule has 2 aliphatic rings. The predicted octanol–water partition coefficient (Wildman–Crippen LogP) is 2.61. The van der Waals surface area contributed by atoms with Crippen molar-refractivity contribution in [2.45, 2.75) is 51.9 Å². The fourth-order valence-corrected chi connectivity index (χ4v) is 4.77. The maximum atomic E-state index is 13.8. The van der Waals surface area contributed by atoms with Crippen LogP contribution >= 0.6 is 0 Å². The average Bonchev–Trinajstić information content (AvgIpc) is 3.25. The Morgan fingerprint density at radius 3 is 2.39 bits per heavy atom. The van der Waals surface area contributed by atoms with E-state index in [0.717, 1.165) is 5.69 Å². The first-order chi connectivity index (χ1) is 17.1. The van der Waals surface area contributed by atoms with Crippen molar-refractivity contribution in [1.29, 1.82) is 0 Å². The number of nitrogens with one attached hydrogen (secondary N) is 1. The van der Waals surface area contributed by atoms with Crippen molar-refractivity contribution in [1.82, 2.24) is 20.1 Å². The highest BCUT2D eigenvalue weighted by atomic mass is 16.5. The molecular formula is C27H34N4O5. The zero-order chi connectivity index (χ0) is 25.9. The van der Waals surface area contributed by atoms with Gasteiger partial charge in [0.2, 0.25) is 11.8 Å². The quantitative estimate of drug-likeness (QED) is 0.686. The molecule has 0 saturated carbocycles. The summed E-state index contributed by atoms with van der Waals surface area (Å²) in [7, 11) is 1.56. The summed E-state index contributed by atoms with van der Waals surface area (Å²) in [5.41, 5.74) is -0.287. The second-order valence-corrected chi connectivity index (χ2v) is 10.3. The van der Waals surface area contributed by atoms with Crippen molar-refractivity contribution in [3.63, 3.8) is 0 Å². The number of carbonyl (C=O) groups excluding carboxylic acids is 3. The minimum atomic E-state index is -0.960. The number of ether oxygens (including phenoxy) is 2.